The summed E-state index contributed by atoms with van der Waals surface area (Å²) >= 11 is 0. The SMILES string of the molecule is CCN(CC)S(=O)(=O)c1cccc(C(=O)N[C@H](C(=O)OC(C)c2nc(C)no2)C(C)C)c1. The van der Waals surface area contributed by atoms with E-state index in [0.717, 1.165) is 0 Å². The Morgan fingerprint density at radius 1 is 1.19 bits per heavy atom. The van der Waals surface area contributed by atoms with E-state index in [0.29, 0.717) is 18.9 Å². The number of carbonyl (C=O) groups is 2. The average molecular weight is 467 g/mol. The number of nitrogens with zero attached hydrogens (tertiary/aromatic N) is 3. The van der Waals surface area contributed by atoms with Crippen molar-refractivity contribution < 1.29 is 27.3 Å². The van der Waals surface area contributed by atoms with Gasteiger partial charge in [0.1, 0.15) is 6.04 Å². The second-order valence-corrected chi connectivity index (χ2v) is 9.51. The van der Waals surface area contributed by atoms with Crippen molar-refractivity contribution in [1.82, 2.24) is 19.8 Å². The zero-order valence-electron chi connectivity index (χ0n) is 19.2. The lowest BCUT2D eigenvalue weighted by atomic mass is 10.0. The molecule has 0 bridgehead atoms. The number of hydrogen-bond acceptors (Lipinski definition) is 8. The maximum atomic E-state index is 12.8. The maximum absolute atomic E-state index is 12.8. The van der Waals surface area contributed by atoms with Crippen molar-refractivity contribution in [2.24, 2.45) is 5.92 Å². The summed E-state index contributed by atoms with van der Waals surface area (Å²) < 4.78 is 37.2. The number of rotatable bonds is 10. The molecule has 0 spiro atoms. The van der Waals surface area contributed by atoms with E-state index in [1.807, 2.05) is 0 Å². The molecule has 1 unspecified atom stereocenters. The van der Waals surface area contributed by atoms with Gasteiger partial charge in [-0.2, -0.15) is 9.29 Å². The first-order chi connectivity index (χ1) is 15.0. The average Bonchev–Trinajstić information content (AvgIpc) is 3.18. The lowest BCUT2D eigenvalue weighted by molar-refractivity contribution is -0.153. The molecule has 10 nitrogen and oxygen atoms in total. The number of aromatic nitrogens is 2. The number of aryl methyl sites for hydroxylation is 1. The molecule has 1 heterocycles. The zero-order chi connectivity index (χ0) is 24.1. The summed E-state index contributed by atoms with van der Waals surface area (Å²) in [6.45, 7) is 10.9. The van der Waals surface area contributed by atoms with Gasteiger partial charge >= 0.3 is 5.97 Å². The summed E-state index contributed by atoms with van der Waals surface area (Å²) in [5, 5.41) is 6.31. The molecular weight excluding hydrogens is 436 g/mol. The Labute approximate surface area is 188 Å². The van der Waals surface area contributed by atoms with Crippen LogP contribution in [0.5, 0.6) is 0 Å². The minimum absolute atomic E-state index is 0.0120. The number of esters is 1. The third-order valence-corrected chi connectivity index (χ3v) is 6.88. The van der Waals surface area contributed by atoms with Crippen LogP contribution in [0.2, 0.25) is 0 Å². The minimum atomic E-state index is -3.72. The molecule has 0 fully saturated rings. The summed E-state index contributed by atoms with van der Waals surface area (Å²) in [6, 6.07) is 4.76. The minimum Gasteiger partial charge on any atom is -0.451 e. The van der Waals surface area contributed by atoms with E-state index in [1.54, 1.807) is 41.5 Å². The Morgan fingerprint density at radius 2 is 1.84 bits per heavy atom. The van der Waals surface area contributed by atoms with Crippen molar-refractivity contribution in [3.63, 3.8) is 0 Å². The van der Waals surface area contributed by atoms with Crippen molar-refractivity contribution in [3.8, 4) is 0 Å². The molecule has 0 aliphatic carbocycles. The number of hydrogen-bond donors (Lipinski definition) is 1. The largest absolute Gasteiger partial charge is 0.451 e. The number of nitrogens with one attached hydrogen (secondary N) is 1. The highest BCUT2D eigenvalue weighted by molar-refractivity contribution is 7.89. The van der Waals surface area contributed by atoms with Crippen LogP contribution in [0.25, 0.3) is 0 Å². The van der Waals surface area contributed by atoms with Crippen LogP contribution in [0.15, 0.2) is 33.7 Å². The highest BCUT2D eigenvalue weighted by Crippen LogP contribution is 2.19. The highest BCUT2D eigenvalue weighted by Gasteiger charge is 2.30. The fraction of sp³-hybridized carbons (Fsp3) is 0.524. The van der Waals surface area contributed by atoms with Crippen molar-refractivity contribution in [2.45, 2.75) is 58.6 Å². The van der Waals surface area contributed by atoms with Crippen molar-refractivity contribution in [2.75, 3.05) is 13.1 Å². The number of carbonyl (C=O) groups excluding carboxylic acids is 2. The number of benzene rings is 1. The second-order valence-electron chi connectivity index (χ2n) is 7.57. The maximum Gasteiger partial charge on any atom is 0.329 e. The monoisotopic (exact) mass is 466 g/mol. The molecular formula is C21H30N4O6S. The van der Waals surface area contributed by atoms with Gasteiger partial charge in [-0.05, 0) is 38.0 Å². The van der Waals surface area contributed by atoms with Gasteiger partial charge in [0.15, 0.2) is 11.9 Å². The second kappa shape index (κ2) is 10.7. The summed E-state index contributed by atoms with van der Waals surface area (Å²) in [5.74, 6) is -0.969. The number of amides is 1. The summed E-state index contributed by atoms with van der Waals surface area (Å²) in [6.07, 6.45) is -0.788. The van der Waals surface area contributed by atoms with Crippen LogP contribution in [-0.4, -0.2) is 53.9 Å². The van der Waals surface area contributed by atoms with Crippen LogP contribution in [-0.2, 0) is 19.6 Å². The predicted molar refractivity (Wildman–Crippen MR) is 116 cm³/mol. The predicted octanol–water partition coefficient (Wildman–Crippen LogP) is 2.47. The Balaban J connectivity index is 2.18. The molecule has 2 aromatic rings. The lowest BCUT2D eigenvalue weighted by Crippen LogP contribution is -2.45. The first-order valence-corrected chi connectivity index (χ1v) is 11.9. The lowest BCUT2D eigenvalue weighted by Gasteiger charge is -2.22. The van der Waals surface area contributed by atoms with Crippen LogP contribution < -0.4 is 5.32 Å². The van der Waals surface area contributed by atoms with E-state index in [2.05, 4.69) is 15.5 Å². The molecule has 1 N–H and O–H groups in total. The molecule has 0 aliphatic rings. The zero-order valence-corrected chi connectivity index (χ0v) is 20.0. The molecule has 176 valence electrons. The third kappa shape index (κ3) is 5.92. The van der Waals surface area contributed by atoms with E-state index in [-0.39, 0.29) is 22.3 Å². The summed E-state index contributed by atoms with van der Waals surface area (Å²) in [7, 11) is -3.72. The normalized spacial score (nSPS) is 13.8. The summed E-state index contributed by atoms with van der Waals surface area (Å²) in [5.41, 5.74) is 0.122. The number of sulfonamides is 1. The molecule has 2 atom stereocenters. The van der Waals surface area contributed by atoms with Crippen LogP contribution in [0.4, 0.5) is 0 Å². The first kappa shape index (κ1) is 25.5. The van der Waals surface area contributed by atoms with Gasteiger partial charge in [-0.3, -0.25) is 4.79 Å². The Morgan fingerprint density at radius 3 is 2.38 bits per heavy atom. The van der Waals surface area contributed by atoms with E-state index in [4.69, 9.17) is 9.26 Å². The van der Waals surface area contributed by atoms with E-state index >= 15 is 0 Å². The quantitative estimate of drug-likeness (QED) is 0.528. The number of ether oxygens (including phenoxy) is 1. The van der Waals surface area contributed by atoms with Gasteiger partial charge in [0.05, 0.1) is 4.90 Å². The van der Waals surface area contributed by atoms with E-state index in [1.165, 1.54) is 28.6 Å². The fourth-order valence-corrected chi connectivity index (χ4v) is 4.51. The Kier molecular flexibility index (Phi) is 8.51. The van der Waals surface area contributed by atoms with E-state index < -0.39 is 34.0 Å². The van der Waals surface area contributed by atoms with E-state index in [9.17, 15) is 18.0 Å². The molecule has 0 aliphatic heterocycles. The molecule has 0 saturated heterocycles. The molecule has 11 heteroatoms. The van der Waals surface area contributed by atoms with Crippen LogP contribution in [0, 0.1) is 12.8 Å². The van der Waals surface area contributed by atoms with Gasteiger partial charge in [0, 0.05) is 18.7 Å². The van der Waals surface area contributed by atoms with Gasteiger partial charge in [-0.1, -0.05) is 38.9 Å². The fourth-order valence-electron chi connectivity index (χ4n) is 3.01. The molecule has 32 heavy (non-hydrogen) atoms. The van der Waals surface area contributed by atoms with Gasteiger partial charge in [0.25, 0.3) is 11.8 Å². The van der Waals surface area contributed by atoms with Crippen LogP contribution >= 0.6 is 0 Å². The van der Waals surface area contributed by atoms with Crippen LogP contribution in [0.3, 0.4) is 0 Å². The topological polar surface area (TPSA) is 132 Å². The van der Waals surface area contributed by atoms with Gasteiger partial charge < -0.3 is 14.6 Å². The standard InChI is InChI=1S/C21H30N4O6S/c1-7-25(8-2)32(28,29)17-11-9-10-16(12-17)19(26)23-18(13(3)4)21(27)30-14(5)20-22-15(6)24-31-20/h9-14,18H,7-8H2,1-6H3,(H,23,26)/t14?,18-/m0/s1. The smallest absolute Gasteiger partial charge is 0.329 e. The van der Waals surface area contributed by atoms with Crippen LogP contribution in [0.1, 0.15) is 62.8 Å². The molecule has 1 amide bonds. The van der Waals surface area contributed by atoms with Gasteiger partial charge in [0.2, 0.25) is 10.0 Å². The molecule has 1 aromatic carbocycles. The van der Waals surface area contributed by atoms with Crippen molar-refractivity contribution >= 4 is 21.9 Å². The van der Waals surface area contributed by atoms with Crippen molar-refractivity contribution in [3.05, 3.63) is 41.5 Å². The first-order valence-electron chi connectivity index (χ1n) is 10.4. The highest BCUT2D eigenvalue weighted by atomic mass is 32.2. The molecule has 0 saturated carbocycles. The van der Waals surface area contributed by atoms with Gasteiger partial charge in [-0.25, -0.2) is 13.2 Å². The Hall–Kier alpha value is -2.79. The molecule has 2 rings (SSSR count). The summed E-state index contributed by atoms with van der Waals surface area (Å²) in [4.78, 5) is 29.6. The molecule has 1 aromatic heterocycles. The van der Waals surface area contributed by atoms with Crippen molar-refractivity contribution in [1.29, 1.82) is 0 Å². The van der Waals surface area contributed by atoms with Gasteiger partial charge in [-0.15, -0.1) is 0 Å². The Bertz CT molecular complexity index is 1050. The molecule has 0 radical (unpaired) electrons. The third-order valence-electron chi connectivity index (χ3n) is 4.83.